The summed E-state index contributed by atoms with van der Waals surface area (Å²) in [6, 6.07) is 11.3. The van der Waals surface area contributed by atoms with Crippen LogP contribution in [0, 0.1) is 12.8 Å². The predicted octanol–water partition coefficient (Wildman–Crippen LogP) is 1.87. The molecule has 0 aromatic heterocycles. The third-order valence-electron chi connectivity index (χ3n) is 5.37. The molecule has 0 aliphatic carbocycles. The van der Waals surface area contributed by atoms with Crippen molar-refractivity contribution >= 4 is 21.8 Å². The van der Waals surface area contributed by atoms with Gasteiger partial charge in [0.25, 0.3) is 5.91 Å². The van der Waals surface area contributed by atoms with Gasteiger partial charge in [-0.1, -0.05) is 17.7 Å². The van der Waals surface area contributed by atoms with Gasteiger partial charge in [0.05, 0.1) is 30.6 Å². The summed E-state index contributed by atoms with van der Waals surface area (Å²) in [6.07, 6.45) is 1.07. The first kappa shape index (κ1) is 23.6. The summed E-state index contributed by atoms with van der Waals surface area (Å²) >= 11 is 0. The van der Waals surface area contributed by atoms with Crippen molar-refractivity contribution in [3.05, 3.63) is 53.6 Å². The second-order valence-electron chi connectivity index (χ2n) is 7.52. The molecule has 1 aliphatic heterocycles. The molecule has 1 aliphatic rings. The summed E-state index contributed by atoms with van der Waals surface area (Å²) in [6.45, 7) is 2.27. The molecule has 1 saturated heterocycles. The largest absolute Gasteiger partial charge is 0.497 e. The smallest absolute Gasteiger partial charge is 0.273 e. The Morgan fingerprint density at radius 3 is 2.41 bits per heavy atom. The zero-order chi connectivity index (χ0) is 23.3. The first-order chi connectivity index (χ1) is 15.3. The highest BCUT2D eigenvalue weighted by Gasteiger charge is 2.33. The van der Waals surface area contributed by atoms with Gasteiger partial charge in [-0.15, -0.1) is 0 Å². The zero-order valence-corrected chi connectivity index (χ0v) is 19.1. The van der Waals surface area contributed by atoms with Gasteiger partial charge in [-0.2, -0.15) is 4.31 Å². The molecule has 1 unspecified atom stereocenters. The van der Waals surface area contributed by atoms with Gasteiger partial charge in [-0.3, -0.25) is 20.4 Å². The Hall–Kier alpha value is -3.11. The van der Waals surface area contributed by atoms with Crippen LogP contribution in [0.2, 0.25) is 0 Å². The van der Waals surface area contributed by atoms with Crippen molar-refractivity contribution in [2.75, 3.05) is 27.3 Å². The maximum absolute atomic E-state index is 12.9. The molecule has 2 amide bonds. The highest BCUT2D eigenvalue weighted by molar-refractivity contribution is 7.89. The molecule has 1 fully saturated rings. The lowest BCUT2D eigenvalue weighted by atomic mass is 9.99. The molecular formula is C22H27N3O6S. The van der Waals surface area contributed by atoms with E-state index in [1.54, 1.807) is 36.4 Å². The number of piperidine rings is 1. The zero-order valence-electron chi connectivity index (χ0n) is 18.3. The van der Waals surface area contributed by atoms with E-state index in [1.807, 2.05) is 6.92 Å². The van der Waals surface area contributed by atoms with Crippen LogP contribution in [0.1, 0.15) is 28.8 Å². The fourth-order valence-corrected chi connectivity index (χ4v) is 5.03. The van der Waals surface area contributed by atoms with Crippen LogP contribution < -0.4 is 20.3 Å². The van der Waals surface area contributed by atoms with Crippen LogP contribution in [0.15, 0.2) is 47.4 Å². The number of benzene rings is 2. The van der Waals surface area contributed by atoms with Crippen LogP contribution in [0.5, 0.6) is 11.5 Å². The monoisotopic (exact) mass is 461 g/mol. The minimum Gasteiger partial charge on any atom is -0.497 e. The summed E-state index contributed by atoms with van der Waals surface area (Å²) in [7, 11) is -0.770. The van der Waals surface area contributed by atoms with E-state index in [4.69, 9.17) is 9.47 Å². The van der Waals surface area contributed by atoms with Gasteiger partial charge < -0.3 is 9.47 Å². The number of hydrogen-bond acceptors (Lipinski definition) is 6. The molecular weight excluding hydrogens is 434 g/mol. The van der Waals surface area contributed by atoms with Crippen LogP contribution in [-0.2, 0) is 14.8 Å². The number of methoxy groups -OCH3 is 2. The average Bonchev–Trinajstić information content (AvgIpc) is 2.82. The Labute approximate surface area is 187 Å². The molecule has 9 nitrogen and oxygen atoms in total. The van der Waals surface area contributed by atoms with E-state index < -0.39 is 27.8 Å². The molecule has 0 spiro atoms. The van der Waals surface area contributed by atoms with Crippen molar-refractivity contribution in [3.8, 4) is 11.5 Å². The van der Waals surface area contributed by atoms with Crippen molar-refractivity contribution in [3.63, 3.8) is 0 Å². The summed E-state index contributed by atoms with van der Waals surface area (Å²) < 4.78 is 37.5. The molecule has 172 valence electrons. The SMILES string of the molecule is COc1ccc(C(=O)NNC(=O)C2CCCN(S(=O)(=O)c3ccc(C)cc3)C2)c(OC)c1. The van der Waals surface area contributed by atoms with E-state index in [1.165, 1.54) is 24.6 Å². The number of aryl methyl sites for hydroxylation is 1. The number of hydrazine groups is 1. The first-order valence-electron chi connectivity index (χ1n) is 10.2. The van der Waals surface area contributed by atoms with E-state index in [-0.39, 0.29) is 17.0 Å². The lowest BCUT2D eigenvalue weighted by Crippen LogP contribution is -2.50. The average molecular weight is 462 g/mol. The highest BCUT2D eigenvalue weighted by Crippen LogP contribution is 2.25. The molecule has 0 bridgehead atoms. The minimum absolute atomic E-state index is 0.0454. The molecule has 2 aromatic carbocycles. The number of sulfonamides is 1. The Kier molecular flexibility index (Phi) is 7.37. The predicted molar refractivity (Wildman–Crippen MR) is 118 cm³/mol. The second-order valence-corrected chi connectivity index (χ2v) is 9.46. The first-order valence-corrected chi connectivity index (χ1v) is 11.6. The van der Waals surface area contributed by atoms with E-state index in [0.29, 0.717) is 30.9 Å². The van der Waals surface area contributed by atoms with Crippen LogP contribution in [-0.4, -0.2) is 51.8 Å². The molecule has 1 atom stereocenters. The van der Waals surface area contributed by atoms with Gasteiger partial charge in [-0.05, 0) is 44.0 Å². The quantitative estimate of drug-likeness (QED) is 0.635. The van der Waals surface area contributed by atoms with Gasteiger partial charge in [0.15, 0.2) is 0 Å². The molecule has 1 heterocycles. The van der Waals surface area contributed by atoms with Gasteiger partial charge in [-0.25, -0.2) is 8.42 Å². The van der Waals surface area contributed by atoms with Crippen molar-refractivity contribution in [2.24, 2.45) is 5.92 Å². The molecule has 10 heteroatoms. The molecule has 0 saturated carbocycles. The fourth-order valence-electron chi connectivity index (χ4n) is 3.51. The van der Waals surface area contributed by atoms with Gasteiger partial charge in [0.2, 0.25) is 15.9 Å². The van der Waals surface area contributed by atoms with E-state index in [0.717, 1.165) is 5.56 Å². The van der Waals surface area contributed by atoms with Gasteiger partial charge in [0.1, 0.15) is 11.5 Å². The number of ether oxygens (including phenoxy) is 2. The third kappa shape index (κ3) is 5.20. The Morgan fingerprint density at radius 1 is 1.03 bits per heavy atom. The van der Waals surface area contributed by atoms with Crippen LogP contribution >= 0.6 is 0 Å². The minimum atomic E-state index is -3.70. The second kappa shape index (κ2) is 10.0. The Morgan fingerprint density at radius 2 is 1.75 bits per heavy atom. The number of carbonyl (C=O) groups is 2. The van der Waals surface area contributed by atoms with Gasteiger partial charge >= 0.3 is 0 Å². The van der Waals surface area contributed by atoms with E-state index in [2.05, 4.69) is 10.9 Å². The summed E-state index contributed by atoms with van der Waals surface area (Å²) in [5.41, 5.74) is 5.96. The lowest BCUT2D eigenvalue weighted by molar-refractivity contribution is -0.126. The van der Waals surface area contributed by atoms with Crippen molar-refractivity contribution in [1.29, 1.82) is 0 Å². The van der Waals surface area contributed by atoms with Crippen LogP contribution in [0.3, 0.4) is 0 Å². The van der Waals surface area contributed by atoms with E-state index >= 15 is 0 Å². The third-order valence-corrected chi connectivity index (χ3v) is 7.25. The number of rotatable bonds is 6. The molecule has 0 radical (unpaired) electrons. The number of nitrogens with zero attached hydrogens (tertiary/aromatic N) is 1. The molecule has 2 aromatic rings. The molecule has 2 N–H and O–H groups in total. The highest BCUT2D eigenvalue weighted by atomic mass is 32.2. The maximum Gasteiger partial charge on any atom is 0.273 e. The van der Waals surface area contributed by atoms with E-state index in [9.17, 15) is 18.0 Å². The fraction of sp³-hybridized carbons (Fsp3) is 0.364. The van der Waals surface area contributed by atoms with Crippen molar-refractivity contribution in [2.45, 2.75) is 24.7 Å². The lowest BCUT2D eigenvalue weighted by Gasteiger charge is -2.31. The van der Waals surface area contributed by atoms with Crippen LogP contribution in [0.25, 0.3) is 0 Å². The number of amides is 2. The van der Waals surface area contributed by atoms with Gasteiger partial charge in [0, 0.05) is 19.2 Å². The topological polar surface area (TPSA) is 114 Å². The summed E-state index contributed by atoms with van der Waals surface area (Å²) in [4.78, 5) is 25.3. The Balaban J connectivity index is 1.63. The standard InChI is InChI=1S/C22H27N3O6S/c1-15-6-9-18(10-7-15)32(28,29)25-12-4-5-16(14-25)21(26)23-24-22(27)19-11-8-17(30-2)13-20(19)31-3/h6-11,13,16H,4-5,12,14H2,1-3H3,(H,23,26)(H,24,27). The van der Waals surface area contributed by atoms with Crippen molar-refractivity contribution in [1.82, 2.24) is 15.2 Å². The Bertz CT molecular complexity index is 1090. The van der Waals surface area contributed by atoms with Crippen LogP contribution in [0.4, 0.5) is 0 Å². The normalized spacial score (nSPS) is 16.8. The summed E-state index contributed by atoms with van der Waals surface area (Å²) in [5.74, 6) is -0.766. The molecule has 3 rings (SSSR count). The maximum atomic E-state index is 12.9. The summed E-state index contributed by atoms with van der Waals surface area (Å²) in [5, 5.41) is 0. The molecule has 32 heavy (non-hydrogen) atoms. The number of nitrogens with one attached hydrogen (secondary N) is 2. The number of hydrogen-bond donors (Lipinski definition) is 2. The van der Waals surface area contributed by atoms with Crippen molar-refractivity contribution < 1.29 is 27.5 Å². The number of carbonyl (C=O) groups excluding carboxylic acids is 2.